The van der Waals surface area contributed by atoms with Gasteiger partial charge in [0.25, 0.3) is 5.91 Å². The Morgan fingerprint density at radius 3 is 2.70 bits per heavy atom. The minimum Gasteiger partial charge on any atom is -0.459 e. The van der Waals surface area contributed by atoms with E-state index >= 15 is 0 Å². The third-order valence-electron chi connectivity index (χ3n) is 6.81. The zero-order chi connectivity index (χ0) is 25.6. The summed E-state index contributed by atoms with van der Waals surface area (Å²) >= 11 is 0. The monoisotopic (exact) mass is 508 g/mol. The van der Waals surface area contributed by atoms with E-state index in [1.165, 1.54) is 0 Å². The van der Waals surface area contributed by atoms with Gasteiger partial charge in [-0.1, -0.05) is 30.3 Å². The van der Waals surface area contributed by atoms with Crippen molar-refractivity contribution in [2.24, 2.45) is 0 Å². The van der Waals surface area contributed by atoms with Crippen LogP contribution in [0, 0.1) is 0 Å². The highest BCUT2D eigenvalue weighted by molar-refractivity contribution is 5.91. The molecular weight excluding hydrogens is 476 g/mol. The molecule has 3 aliphatic rings. The molecule has 0 aliphatic carbocycles. The summed E-state index contributed by atoms with van der Waals surface area (Å²) < 4.78 is 23.0. The number of hydrogen-bond donors (Lipinski definition) is 2. The van der Waals surface area contributed by atoms with Gasteiger partial charge in [-0.2, -0.15) is 0 Å². The lowest BCUT2D eigenvalue weighted by atomic mass is 9.92. The molecule has 3 heterocycles. The third kappa shape index (κ3) is 6.23. The first-order chi connectivity index (χ1) is 18.1. The molecule has 9 heteroatoms. The molecule has 3 aliphatic heterocycles. The summed E-state index contributed by atoms with van der Waals surface area (Å²) in [5.74, 6) is 1.36. The van der Waals surface area contributed by atoms with E-state index in [0.717, 1.165) is 29.7 Å². The van der Waals surface area contributed by atoms with Crippen LogP contribution in [0.2, 0.25) is 0 Å². The van der Waals surface area contributed by atoms with Crippen LogP contribution in [-0.2, 0) is 32.3 Å². The lowest BCUT2D eigenvalue weighted by molar-refractivity contribution is -0.150. The summed E-state index contributed by atoms with van der Waals surface area (Å²) in [7, 11) is 0. The first-order valence-corrected chi connectivity index (χ1v) is 12.7. The number of likely N-dealkylation sites (tertiary alicyclic amines) is 1. The van der Waals surface area contributed by atoms with Crippen molar-refractivity contribution in [3.8, 4) is 11.5 Å². The van der Waals surface area contributed by atoms with E-state index in [2.05, 4.69) is 5.32 Å². The summed E-state index contributed by atoms with van der Waals surface area (Å²) in [5.41, 5.74) is 2.75. The number of nitrogens with one attached hydrogen (secondary N) is 1. The van der Waals surface area contributed by atoms with Crippen molar-refractivity contribution in [3.05, 3.63) is 71.0 Å². The van der Waals surface area contributed by atoms with Crippen LogP contribution in [-0.4, -0.2) is 54.5 Å². The number of carbonyl (C=O) groups excluding carboxylic acids is 2. The maximum absolute atomic E-state index is 13.0. The number of aliphatic hydroxyl groups is 1. The quantitative estimate of drug-likeness (QED) is 0.475. The van der Waals surface area contributed by atoms with Gasteiger partial charge in [0.1, 0.15) is 0 Å². The Morgan fingerprint density at radius 2 is 1.92 bits per heavy atom. The number of benzene rings is 2. The molecule has 5 rings (SSSR count). The number of rotatable bonds is 10. The summed E-state index contributed by atoms with van der Waals surface area (Å²) in [5, 5.41) is 12.2. The van der Waals surface area contributed by atoms with E-state index in [9.17, 15) is 14.7 Å². The van der Waals surface area contributed by atoms with Crippen molar-refractivity contribution in [1.29, 1.82) is 0 Å². The summed E-state index contributed by atoms with van der Waals surface area (Å²) in [4.78, 5) is 26.6. The van der Waals surface area contributed by atoms with Gasteiger partial charge in [0.05, 0.1) is 13.2 Å². The highest BCUT2D eigenvalue weighted by atomic mass is 16.7. The Morgan fingerprint density at radius 1 is 1.11 bits per heavy atom. The minimum atomic E-state index is -0.624. The molecule has 2 amide bonds. The molecule has 0 aromatic heterocycles. The molecule has 2 aromatic carbocycles. The van der Waals surface area contributed by atoms with Crippen molar-refractivity contribution in [1.82, 2.24) is 10.2 Å². The molecule has 9 nitrogen and oxygen atoms in total. The second kappa shape index (κ2) is 11.7. The lowest BCUT2D eigenvalue weighted by Crippen LogP contribution is -2.34. The van der Waals surface area contributed by atoms with Gasteiger partial charge in [0.2, 0.25) is 19.0 Å². The van der Waals surface area contributed by atoms with Crippen molar-refractivity contribution < 1.29 is 33.6 Å². The average Bonchev–Trinajstić information content (AvgIpc) is 3.58. The molecule has 2 N–H and O–H groups in total. The highest BCUT2D eigenvalue weighted by Gasteiger charge is 2.30. The Labute approximate surface area is 216 Å². The molecule has 2 aromatic rings. The van der Waals surface area contributed by atoms with E-state index in [1.54, 1.807) is 0 Å². The van der Waals surface area contributed by atoms with Crippen molar-refractivity contribution in [2.75, 3.05) is 26.4 Å². The largest absolute Gasteiger partial charge is 0.459 e. The van der Waals surface area contributed by atoms with Gasteiger partial charge < -0.3 is 34.3 Å². The summed E-state index contributed by atoms with van der Waals surface area (Å²) in [6.45, 7) is 2.37. The van der Waals surface area contributed by atoms with Gasteiger partial charge in [0.15, 0.2) is 17.3 Å². The number of amides is 2. The van der Waals surface area contributed by atoms with E-state index in [4.69, 9.17) is 18.9 Å². The van der Waals surface area contributed by atoms with Crippen LogP contribution in [0.5, 0.6) is 11.5 Å². The molecule has 0 saturated carbocycles. The van der Waals surface area contributed by atoms with Crippen LogP contribution < -0.4 is 14.8 Å². The maximum Gasteiger partial charge on any atom is 0.286 e. The Hall–Kier alpha value is -3.56. The molecule has 1 fully saturated rings. The van der Waals surface area contributed by atoms with Gasteiger partial charge in [-0.25, -0.2) is 0 Å². The number of nitrogens with zero attached hydrogens (tertiary/aromatic N) is 1. The van der Waals surface area contributed by atoms with Crippen LogP contribution in [0.1, 0.15) is 48.3 Å². The SMILES string of the molecule is O=C(NCCCN1CCCC1=O)C1=C[C@H](c2ccc3c(c2)OCO3)C[C@H](OCc2ccc(CO)cc2)O1. The fourth-order valence-electron chi connectivity index (χ4n) is 4.72. The predicted octanol–water partition coefficient (Wildman–Crippen LogP) is 2.97. The molecule has 0 bridgehead atoms. The molecule has 37 heavy (non-hydrogen) atoms. The third-order valence-corrected chi connectivity index (χ3v) is 6.81. The smallest absolute Gasteiger partial charge is 0.286 e. The van der Waals surface area contributed by atoms with E-state index in [0.29, 0.717) is 50.5 Å². The first-order valence-electron chi connectivity index (χ1n) is 12.7. The first kappa shape index (κ1) is 25.1. The zero-order valence-corrected chi connectivity index (χ0v) is 20.7. The number of carbonyl (C=O) groups is 2. The van der Waals surface area contributed by atoms with Crippen LogP contribution >= 0.6 is 0 Å². The molecule has 0 radical (unpaired) electrons. The summed E-state index contributed by atoms with van der Waals surface area (Å²) in [6.07, 6.45) is 3.93. The number of allylic oxidation sites excluding steroid dienone is 1. The molecule has 0 unspecified atom stereocenters. The van der Waals surface area contributed by atoms with Gasteiger partial charge in [-0.15, -0.1) is 0 Å². The normalized spacial score (nSPS) is 20.5. The standard InChI is InChI=1S/C28H32N2O7/c31-16-19-4-6-20(7-5-19)17-34-27-15-22(21-8-9-23-24(13-21)36-18-35-23)14-25(37-27)28(33)29-10-2-12-30-11-1-3-26(30)32/h4-9,13-14,22,27,31H,1-3,10-12,15-18H2,(H,29,33)/t22-,27+/m0/s1. The Bertz CT molecular complexity index is 1150. The Balaban J connectivity index is 1.24. The fraction of sp³-hybridized carbons (Fsp3) is 0.429. The number of ether oxygens (including phenoxy) is 4. The highest BCUT2D eigenvalue weighted by Crippen LogP contribution is 2.38. The van der Waals surface area contributed by atoms with E-state index in [1.807, 2.05) is 53.4 Å². The second-order valence-corrected chi connectivity index (χ2v) is 9.41. The van der Waals surface area contributed by atoms with Crippen molar-refractivity contribution in [2.45, 2.75) is 51.1 Å². The van der Waals surface area contributed by atoms with Crippen LogP contribution in [0.25, 0.3) is 0 Å². The lowest BCUT2D eigenvalue weighted by Gasteiger charge is -2.29. The molecule has 196 valence electrons. The molecule has 1 saturated heterocycles. The van der Waals surface area contributed by atoms with Gasteiger partial charge in [-0.3, -0.25) is 9.59 Å². The second-order valence-electron chi connectivity index (χ2n) is 9.41. The molecule has 0 spiro atoms. The fourth-order valence-corrected chi connectivity index (χ4v) is 4.72. The molecule has 2 atom stereocenters. The van der Waals surface area contributed by atoms with Gasteiger partial charge >= 0.3 is 0 Å². The van der Waals surface area contributed by atoms with E-state index in [-0.39, 0.29) is 36.9 Å². The number of hydrogen-bond acceptors (Lipinski definition) is 7. The van der Waals surface area contributed by atoms with Crippen LogP contribution in [0.4, 0.5) is 0 Å². The number of fused-ring (bicyclic) bond motifs is 1. The maximum atomic E-state index is 13.0. The molecular formula is C28H32N2O7. The van der Waals surface area contributed by atoms with Gasteiger partial charge in [-0.05, 0) is 47.7 Å². The van der Waals surface area contributed by atoms with E-state index < -0.39 is 6.29 Å². The van der Waals surface area contributed by atoms with Crippen molar-refractivity contribution >= 4 is 11.8 Å². The average molecular weight is 509 g/mol. The topological polar surface area (TPSA) is 107 Å². The Kier molecular flexibility index (Phi) is 7.91. The summed E-state index contributed by atoms with van der Waals surface area (Å²) in [6, 6.07) is 13.3. The number of aliphatic hydroxyl groups excluding tert-OH is 1. The van der Waals surface area contributed by atoms with Gasteiger partial charge in [0, 0.05) is 38.4 Å². The van der Waals surface area contributed by atoms with Crippen LogP contribution in [0.3, 0.4) is 0 Å². The predicted molar refractivity (Wildman–Crippen MR) is 133 cm³/mol. The minimum absolute atomic E-state index is 0.0122. The zero-order valence-electron chi connectivity index (χ0n) is 20.7. The van der Waals surface area contributed by atoms with Crippen LogP contribution in [0.15, 0.2) is 54.3 Å². The van der Waals surface area contributed by atoms with Crippen molar-refractivity contribution in [3.63, 3.8) is 0 Å².